The lowest BCUT2D eigenvalue weighted by atomic mass is 9.87. The van der Waals surface area contributed by atoms with E-state index < -0.39 is 46.4 Å². The molecule has 3 atom stereocenters. The number of fused-ring (bicyclic) bond motifs is 1. The van der Waals surface area contributed by atoms with Crippen LogP contribution in [0.3, 0.4) is 0 Å². The molecular weight excluding hydrogens is 711 g/mol. The molecule has 2 saturated heterocycles. The second-order valence-electron chi connectivity index (χ2n) is 13.2. The van der Waals surface area contributed by atoms with E-state index in [0.29, 0.717) is 6.41 Å². The summed E-state index contributed by atoms with van der Waals surface area (Å²) in [4.78, 5) is 75.3. The number of aromatic nitrogens is 1. The van der Waals surface area contributed by atoms with Crippen molar-refractivity contribution in [2.75, 3.05) is 37.9 Å². The number of oxime groups is 1. The van der Waals surface area contributed by atoms with Crippen LogP contribution in [0.4, 0.5) is 5.13 Å². The normalized spacial score (nSPS) is 20.0. The van der Waals surface area contributed by atoms with Crippen LogP contribution >= 0.6 is 23.1 Å². The van der Waals surface area contributed by atoms with Crippen LogP contribution in [0.5, 0.6) is 0 Å². The van der Waals surface area contributed by atoms with Gasteiger partial charge in [-0.3, -0.25) is 24.0 Å². The number of nitrogens with one attached hydrogen (secondary N) is 2. The van der Waals surface area contributed by atoms with Gasteiger partial charge in [-0.1, -0.05) is 65.8 Å². The monoisotopic (exact) mass is 751 g/mol. The molecule has 3 heterocycles. The zero-order chi connectivity index (χ0) is 37.3. The van der Waals surface area contributed by atoms with Crippen LogP contribution in [-0.4, -0.2) is 95.4 Å². The standard InChI is InChI=1S/C36H41N5O9S2/c1-35(2,3)50-26(43)16-11-17-48-40-27(25-18-51-34(38-25)37-22-42)30(44)39-28-31(45)41-19-36(20-47-4,21-52-32(28)41)33(46)49-29(23-12-7-5-8-13-23)24-14-9-6-10-15-24/h5-10,12-15,18,22,28-29,32H,11,16-17,19-21H2,1-4H3,(H,39,44)(H,37,38,42)/t28?,32-,36?/m1/s1. The van der Waals surface area contributed by atoms with Crippen molar-refractivity contribution in [3.63, 3.8) is 0 Å². The Morgan fingerprint density at radius 1 is 1.10 bits per heavy atom. The molecule has 3 amide bonds. The van der Waals surface area contributed by atoms with Gasteiger partial charge in [0, 0.05) is 31.2 Å². The largest absolute Gasteiger partial charge is 0.460 e. The third-order valence-corrected chi connectivity index (χ3v) is 10.4. The minimum Gasteiger partial charge on any atom is -0.460 e. The number of β-lactam (4-membered cyclic amide) rings is 1. The SMILES string of the molecule is COCC1(C(=O)OC(c2ccccc2)c2ccccc2)CS[C@@H]2C(NC(=O)C(=NOCCCC(=O)OC(C)(C)C)c3csc(NC=O)n3)C(=O)N2C1. The van der Waals surface area contributed by atoms with Crippen molar-refractivity contribution >= 4 is 64.1 Å². The molecule has 5 rings (SSSR count). The van der Waals surface area contributed by atoms with Crippen molar-refractivity contribution in [3.05, 3.63) is 82.9 Å². The summed E-state index contributed by atoms with van der Waals surface area (Å²) in [6.45, 7) is 5.37. The van der Waals surface area contributed by atoms with Gasteiger partial charge in [-0.15, -0.1) is 23.1 Å². The molecule has 16 heteroatoms. The molecule has 1 aromatic heterocycles. The van der Waals surface area contributed by atoms with Crippen molar-refractivity contribution in [3.8, 4) is 0 Å². The Bertz CT molecular complexity index is 1730. The van der Waals surface area contributed by atoms with Crippen molar-refractivity contribution in [2.24, 2.45) is 10.6 Å². The third kappa shape index (κ3) is 9.35. The Labute approximate surface area is 309 Å². The number of carbonyl (C=O) groups excluding carboxylic acids is 5. The molecule has 0 aliphatic carbocycles. The number of anilines is 1. The van der Waals surface area contributed by atoms with E-state index in [2.05, 4.69) is 20.8 Å². The zero-order valence-corrected chi connectivity index (χ0v) is 30.9. The molecule has 0 spiro atoms. The summed E-state index contributed by atoms with van der Waals surface area (Å²) in [7, 11) is 1.49. The van der Waals surface area contributed by atoms with Gasteiger partial charge in [0.05, 0.1) is 6.61 Å². The van der Waals surface area contributed by atoms with Crippen LogP contribution in [0.15, 0.2) is 71.2 Å². The van der Waals surface area contributed by atoms with Gasteiger partial charge >= 0.3 is 11.9 Å². The number of thiazole rings is 1. The van der Waals surface area contributed by atoms with E-state index in [-0.39, 0.29) is 60.8 Å². The third-order valence-electron chi connectivity index (χ3n) is 8.05. The van der Waals surface area contributed by atoms with Gasteiger partial charge in [-0.05, 0) is 38.3 Å². The Kier molecular flexibility index (Phi) is 12.7. The van der Waals surface area contributed by atoms with Crippen molar-refractivity contribution in [1.82, 2.24) is 15.2 Å². The maximum absolute atomic E-state index is 14.0. The van der Waals surface area contributed by atoms with Gasteiger partial charge in [0.15, 0.2) is 16.9 Å². The quantitative estimate of drug-likeness (QED) is 0.0542. The molecule has 0 saturated carbocycles. The number of hydrogen-bond acceptors (Lipinski definition) is 13. The van der Waals surface area contributed by atoms with Gasteiger partial charge in [0.1, 0.15) is 34.7 Å². The van der Waals surface area contributed by atoms with E-state index in [9.17, 15) is 24.0 Å². The summed E-state index contributed by atoms with van der Waals surface area (Å²) in [5.74, 6) is -1.74. The maximum Gasteiger partial charge on any atom is 0.318 e. The van der Waals surface area contributed by atoms with E-state index >= 15 is 0 Å². The molecule has 3 aromatic rings. The smallest absolute Gasteiger partial charge is 0.318 e. The number of esters is 2. The molecule has 276 valence electrons. The summed E-state index contributed by atoms with van der Waals surface area (Å²) in [5.41, 5.74) is -0.274. The first-order valence-electron chi connectivity index (χ1n) is 16.6. The lowest BCUT2D eigenvalue weighted by Gasteiger charge is -2.54. The fourth-order valence-electron chi connectivity index (χ4n) is 5.69. The predicted molar refractivity (Wildman–Crippen MR) is 194 cm³/mol. The Morgan fingerprint density at radius 2 is 1.77 bits per heavy atom. The molecule has 2 aromatic carbocycles. The van der Waals surface area contributed by atoms with Gasteiger partial charge < -0.3 is 34.6 Å². The van der Waals surface area contributed by atoms with Gasteiger partial charge in [-0.2, -0.15) is 0 Å². The highest BCUT2D eigenvalue weighted by molar-refractivity contribution is 8.00. The van der Waals surface area contributed by atoms with Crippen LogP contribution in [-0.2, 0) is 43.0 Å². The lowest BCUT2D eigenvalue weighted by molar-refractivity contribution is -0.169. The fraction of sp³-hybridized carbons (Fsp3) is 0.417. The zero-order valence-electron chi connectivity index (χ0n) is 29.2. The number of methoxy groups -OCH3 is 1. The molecule has 0 radical (unpaired) electrons. The lowest BCUT2D eigenvalue weighted by Crippen LogP contribution is -2.74. The summed E-state index contributed by atoms with van der Waals surface area (Å²) >= 11 is 2.41. The first-order chi connectivity index (χ1) is 24.9. The van der Waals surface area contributed by atoms with Gasteiger partial charge in [0.25, 0.3) is 5.91 Å². The summed E-state index contributed by atoms with van der Waals surface area (Å²) in [5, 5.41) is 10.5. The molecule has 2 N–H and O–H groups in total. The number of amides is 3. The summed E-state index contributed by atoms with van der Waals surface area (Å²) in [6.07, 6.45) is 0.147. The van der Waals surface area contributed by atoms with Gasteiger partial charge in [0.2, 0.25) is 12.3 Å². The Morgan fingerprint density at radius 3 is 2.38 bits per heavy atom. The molecule has 52 heavy (non-hydrogen) atoms. The molecule has 0 bridgehead atoms. The number of ether oxygens (including phenoxy) is 3. The molecule has 2 aliphatic rings. The minimum atomic E-state index is -1.16. The topological polar surface area (TPSA) is 175 Å². The van der Waals surface area contributed by atoms with Crippen molar-refractivity contribution in [1.29, 1.82) is 0 Å². The molecular formula is C36H41N5O9S2. The van der Waals surface area contributed by atoms with Crippen LogP contribution in [0, 0.1) is 5.41 Å². The summed E-state index contributed by atoms with van der Waals surface area (Å²) < 4.78 is 17.0. The maximum atomic E-state index is 14.0. The first-order valence-corrected chi connectivity index (χ1v) is 18.5. The second-order valence-corrected chi connectivity index (χ2v) is 15.2. The van der Waals surface area contributed by atoms with Crippen LogP contribution in [0.1, 0.15) is 56.5 Å². The van der Waals surface area contributed by atoms with Crippen molar-refractivity contribution < 1.29 is 43.0 Å². The average molecular weight is 752 g/mol. The Hall–Kier alpha value is -4.80. The van der Waals surface area contributed by atoms with E-state index in [1.807, 2.05) is 60.7 Å². The molecule has 2 fully saturated rings. The van der Waals surface area contributed by atoms with Crippen LogP contribution in [0.25, 0.3) is 0 Å². The van der Waals surface area contributed by atoms with E-state index in [0.717, 1.165) is 22.5 Å². The highest BCUT2D eigenvalue weighted by Crippen LogP contribution is 2.44. The highest BCUT2D eigenvalue weighted by atomic mass is 32.2. The van der Waals surface area contributed by atoms with Gasteiger partial charge in [-0.25, -0.2) is 4.98 Å². The second kappa shape index (κ2) is 17.1. The first kappa shape index (κ1) is 38.4. The molecule has 2 aliphatic heterocycles. The number of hydrogen-bond donors (Lipinski definition) is 2. The Balaban J connectivity index is 1.26. The number of thioether (sulfide) groups is 1. The van der Waals surface area contributed by atoms with Crippen LogP contribution < -0.4 is 10.6 Å². The number of benzene rings is 2. The predicted octanol–water partition coefficient (Wildman–Crippen LogP) is 3.92. The summed E-state index contributed by atoms with van der Waals surface area (Å²) in [6, 6.07) is 17.9. The molecule has 2 unspecified atom stereocenters. The highest BCUT2D eigenvalue weighted by Gasteiger charge is 2.58. The average Bonchev–Trinajstić information content (AvgIpc) is 3.59. The van der Waals surface area contributed by atoms with E-state index in [4.69, 9.17) is 19.0 Å². The number of carbonyl (C=O) groups is 5. The van der Waals surface area contributed by atoms with E-state index in [1.165, 1.54) is 24.3 Å². The number of nitrogens with zero attached hydrogens (tertiary/aromatic N) is 3. The molecule has 14 nitrogen and oxygen atoms in total. The van der Waals surface area contributed by atoms with Crippen LogP contribution in [0.2, 0.25) is 0 Å². The van der Waals surface area contributed by atoms with E-state index in [1.54, 1.807) is 25.7 Å². The minimum absolute atomic E-state index is 0.00129. The van der Waals surface area contributed by atoms with Crippen molar-refractivity contribution in [2.45, 2.75) is 56.7 Å². The fourth-order valence-corrected chi connectivity index (χ4v) is 7.86. The number of rotatable bonds is 16.